The van der Waals surface area contributed by atoms with Gasteiger partial charge in [0, 0.05) is 18.3 Å². The number of rotatable bonds is 5. The van der Waals surface area contributed by atoms with Crippen molar-refractivity contribution in [3.8, 4) is 28.6 Å². The molecular formula is C16H16N4O2. The van der Waals surface area contributed by atoms with Crippen LogP contribution in [0.15, 0.2) is 47.1 Å². The summed E-state index contributed by atoms with van der Waals surface area (Å²) >= 11 is 0. The highest BCUT2D eigenvalue weighted by atomic mass is 16.5. The predicted molar refractivity (Wildman–Crippen MR) is 83.7 cm³/mol. The van der Waals surface area contributed by atoms with E-state index in [1.807, 2.05) is 43.3 Å². The van der Waals surface area contributed by atoms with Gasteiger partial charge >= 0.3 is 0 Å². The van der Waals surface area contributed by atoms with Gasteiger partial charge in [-0.25, -0.2) is 4.98 Å². The second-order valence-corrected chi connectivity index (χ2v) is 4.58. The molecule has 0 bridgehead atoms. The Hall–Kier alpha value is -2.89. The summed E-state index contributed by atoms with van der Waals surface area (Å²) in [5.41, 5.74) is 1.65. The lowest BCUT2D eigenvalue weighted by Crippen LogP contribution is -2.00. The number of benzene rings is 1. The molecule has 6 nitrogen and oxygen atoms in total. The van der Waals surface area contributed by atoms with Crippen LogP contribution in [0.1, 0.15) is 6.92 Å². The van der Waals surface area contributed by atoms with Gasteiger partial charge in [0.05, 0.1) is 12.7 Å². The zero-order valence-corrected chi connectivity index (χ0v) is 12.4. The minimum atomic E-state index is 0.440. The van der Waals surface area contributed by atoms with Crippen LogP contribution in [-0.4, -0.2) is 28.8 Å². The minimum Gasteiger partial charge on any atom is -0.497 e. The van der Waals surface area contributed by atoms with Gasteiger partial charge in [-0.05, 0) is 43.3 Å². The zero-order valence-electron chi connectivity index (χ0n) is 12.4. The summed E-state index contributed by atoms with van der Waals surface area (Å²) in [6.07, 6.45) is 1.72. The third-order valence-corrected chi connectivity index (χ3v) is 3.16. The van der Waals surface area contributed by atoms with E-state index in [4.69, 9.17) is 9.26 Å². The average molecular weight is 296 g/mol. The number of nitrogens with zero attached hydrogens (tertiary/aromatic N) is 3. The fraction of sp³-hybridized carbons (Fsp3) is 0.188. The van der Waals surface area contributed by atoms with Gasteiger partial charge in [-0.2, -0.15) is 4.98 Å². The van der Waals surface area contributed by atoms with Crippen molar-refractivity contribution in [1.29, 1.82) is 0 Å². The topological polar surface area (TPSA) is 73.1 Å². The SMILES string of the molecule is CCNc1ncccc1-c1nc(-c2ccc(OC)cc2)no1. The molecule has 22 heavy (non-hydrogen) atoms. The zero-order chi connectivity index (χ0) is 15.4. The van der Waals surface area contributed by atoms with Crippen molar-refractivity contribution >= 4 is 5.82 Å². The van der Waals surface area contributed by atoms with E-state index >= 15 is 0 Å². The minimum absolute atomic E-state index is 0.440. The van der Waals surface area contributed by atoms with Gasteiger partial charge < -0.3 is 14.6 Å². The molecule has 0 aliphatic carbocycles. The fourth-order valence-corrected chi connectivity index (χ4v) is 2.08. The van der Waals surface area contributed by atoms with Gasteiger partial charge in [0.2, 0.25) is 5.82 Å². The van der Waals surface area contributed by atoms with Crippen molar-refractivity contribution in [1.82, 2.24) is 15.1 Å². The number of ether oxygens (including phenoxy) is 1. The van der Waals surface area contributed by atoms with Crippen LogP contribution in [0.4, 0.5) is 5.82 Å². The number of hydrogen-bond donors (Lipinski definition) is 1. The van der Waals surface area contributed by atoms with Crippen LogP contribution < -0.4 is 10.1 Å². The van der Waals surface area contributed by atoms with E-state index in [1.165, 1.54) is 0 Å². The van der Waals surface area contributed by atoms with Crippen molar-refractivity contribution in [2.45, 2.75) is 6.92 Å². The molecule has 0 atom stereocenters. The van der Waals surface area contributed by atoms with Gasteiger partial charge in [0.25, 0.3) is 5.89 Å². The Bertz CT molecular complexity index is 753. The highest BCUT2D eigenvalue weighted by Gasteiger charge is 2.14. The molecule has 3 aromatic rings. The van der Waals surface area contributed by atoms with Gasteiger partial charge in [-0.3, -0.25) is 0 Å². The number of pyridine rings is 1. The van der Waals surface area contributed by atoms with E-state index in [2.05, 4.69) is 20.4 Å². The first kappa shape index (κ1) is 14.1. The lowest BCUT2D eigenvalue weighted by atomic mass is 10.2. The quantitative estimate of drug-likeness (QED) is 0.779. The predicted octanol–water partition coefficient (Wildman–Crippen LogP) is 3.24. The molecule has 0 fully saturated rings. The molecule has 2 aromatic heterocycles. The maximum absolute atomic E-state index is 5.38. The summed E-state index contributed by atoms with van der Waals surface area (Å²) in [7, 11) is 1.63. The Morgan fingerprint density at radius 3 is 2.73 bits per heavy atom. The summed E-state index contributed by atoms with van der Waals surface area (Å²) in [5.74, 6) is 2.49. The summed E-state index contributed by atoms with van der Waals surface area (Å²) in [6.45, 7) is 2.78. The Morgan fingerprint density at radius 2 is 2.00 bits per heavy atom. The molecule has 2 heterocycles. The standard InChI is InChI=1S/C16H16N4O2/c1-3-17-15-13(5-4-10-18-15)16-19-14(20-22-16)11-6-8-12(21-2)9-7-11/h4-10H,3H2,1-2H3,(H,17,18). The molecule has 1 aromatic carbocycles. The Labute approximate surface area is 128 Å². The molecule has 0 spiro atoms. The van der Waals surface area contributed by atoms with Gasteiger partial charge in [-0.15, -0.1) is 0 Å². The second-order valence-electron chi connectivity index (χ2n) is 4.58. The normalized spacial score (nSPS) is 10.5. The van der Waals surface area contributed by atoms with Crippen LogP contribution in [0.3, 0.4) is 0 Å². The van der Waals surface area contributed by atoms with Crippen LogP contribution in [0.5, 0.6) is 5.75 Å². The molecule has 3 rings (SSSR count). The Morgan fingerprint density at radius 1 is 1.18 bits per heavy atom. The lowest BCUT2D eigenvalue weighted by Gasteiger charge is -2.04. The molecule has 0 radical (unpaired) electrons. The molecule has 112 valence electrons. The average Bonchev–Trinajstić information content (AvgIpc) is 3.05. The number of nitrogens with one attached hydrogen (secondary N) is 1. The van der Waals surface area contributed by atoms with E-state index in [9.17, 15) is 0 Å². The van der Waals surface area contributed by atoms with Crippen molar-refractivity contribution in [2.24, 2.45) is 0 Å². The van der Waals surface area contributed by atoms with Crippen molar-refractivity contribution in [3.05, 3.63) is 42.6 Å². The molecule has 0 amide bonds. The van der Waals surface area contributed by atoms with Crippen molar-refractivity contribution in [2.75, 3.05) is 19.0 Å². The summed E-state index contributed by atoms with van der Waals surface area (Å²) in [5, 5.41) is 7.22. The van der Waals surface area contributed by atoms with Crippen molar-refractivity contribution < 1.29 is 9.26 Å². The molecule has 0 unspecified atom stereocenters. The van der Waals surface area contributed by atoms with E-state index in [0.29, 0.717) is 11.7 Å². The third kappa shape index (κ3) is 2.76. The van der Waals surface area contributed by atoms with Crippen LogP contribution in [-0.2, 0) is 0 Å². The van der Waals surface area contributed by atoms with Crippen LogP contribution >= 0.6 is 0 Å². The molecule has 0 saturated carbocycles. The Balaban J connectivity index is 1.93. The molecule has 0 saturated heterocycles. The molecule has 6 heteroatoms. The van der Waals surface area contributed by atoms with E-state index in [-0.39, 0.29) is 0 Å². The van der Waals surface area contributed by atoms with E-state index in [0.717, 1.165) is 29.2 Å². The van der Waals surface area contributed by atoms with Crippen LogP contribution in [0, 0.1) is 0 Å². The van der Waals surface area contributed by atoms with Crippen LogP contribution in [0.25, 0.3) is 22.8 Å². The first-order valence-corrected chi connectivity index (χ1v) is 6.99. The van der Waals surface area contributed by atoms with Gasteiger partial charge in [-0.1, -0.05) is 5.16 Å². The number of hydrogen-bond acceptors (Lipinski definition) is 6. The third-order valence-electron chi connectivity index (χ3n) is 3.16. The number of aromatic nitrogens is 3. The first-order valence-electron chi connectivity index (χ1n) is 6.99. The monoisotopic (exact) mass is 296 g/mol. The maximum Gasteiger partial charge on any atom is 0.261 e. The molecular weight excluding hydrogens is 280 g/mol. The first-order chi connectivity index (χ1) is 10.8. The summed E-state index contributed by atoms with van der Waals surface area (Å²) < 4.78 is 10.5. The Kier molecular flexibility index (Phi) is 4.00. The number of anilines is 1. The second kappa shape index (κ2) is 6.26. The van der Waals surface area contributed by atoms with E-state index < -0.39 is 0 Å². The largest absolute Gasteiger partial charge is 0.497 e. The smallest absolute Gasteiger partial charge is 0.261 e. The molecule has 0 aliphatic heterocycles. The summed E-state index contributed by atoms with van der Waals surface area (Å²) in [4.78, 5) is 8.74. The highest BCUT2D eigenvalue weighted by molar-refractivity contribution is 5.70. The van der Waals surface area contributed by atoms with Crippen molar-refractivity contribution in [3.63, 3.8) is 0 Å². The highest BCUT2D eigenvalue weighted by Crippen LogP contribution is 2.27. The summed E-state index contributed by atoms with van der Waals surface area (Å²) in [6, 6.07) is 11.2. The fourth-order valence-electron chi connectivity index (χ4n) is 2.08. The van der Waals surface area contributed by atoms with Gasteiger partial charge in [0.15, 0.2) is 0 Å². The number of methoxy groups -OCH3 is 1. The van der Waals surface area contributed by atoms with E-state index in [1.54, 1.807) is 13.3 Å². The lowest BCUT2D eigenvalue weighted by molar-refractivity contribution is 0.415. The molecule has 0 aliphatic rings. The van der Waals surface area contributed by atoms with Crippen LogP contribution in [0.2, 0.25) is 0 Å². The maximum atomic E-state index is 5.38. The molecule has 1 N–H and O–H groups in total. The van der Waals surface area contributed by atoms with Gasteiger partial charge in [0.1, 0.15) is 11.6 Å².